The molecule has 0 spiro atoms. The Morgan fingerprint density at radius 1 is 1.50 bits per heavy atom. The molecule has 0 aromatic carbocycles. The van der Waals surface area contributed by atoms with Crippen molar-refractivity contribution in [2.75, 3.05) is 20.1 Å². The monoisotopic (exact) mass is 167 g/mol. The van der Waals surface area contributed by atoms with E-state index in [0.29, 0.717) is 5.92 Å². The van der Waals surface area contributed by atoms with Gasteiger partial charge in [-0.25, -0.2) is 0 Å². The van der Waals surface area contributed by atoms with E-state index < -0.39 is 0 Å². The Hall–Kier alpha value is -0.900. The van der Waals surface area contributed by atoms with Crippen LogP contribution in [0.3, 0.4) is 0 Å². The molecule has 4 heteroatoms. The van der Waals surface area contributed by atoms with E-state index in [1.54, 1.807) is 6.26 Å². The normalized spacial score (nSPS) is 21.4. The van der Waals surface area contributed by atoms with E-state index >= 15 is 0 Å². The smallest absolute Gasteiger partial charge is 0.147 e. The lowest BCUT2D eigenvalue weighted by atomic mass is 9.95. The van der Waals surface area contributed by atoms with Crippen molar-refractivity contribution >= 4 is 0 Å². The van der Waals surface area contributed by atoms with Crippen molar-refractivity contribution in [1.82, 2.24) is 15.3 Å². The molecule has 1 saturated heterocycles. The van der Waals surface area contributed by atoms with Gasteiger partial charge in [0.15, 0.2) is 0 Å². The number of hydrogen-bond acceptors (Lipinski definition) is 4. The van der Waals surface area contributed by atoms with Gasteiger partial charge in [-0.05, 0) is 33.0 Å². The highest BCUT2D eigenvalue weighted by atomic mass is 16.5. The van der Waals surface area contributed by atoms with Crippen molar-refractivity contribution in [3.63, 3.8) is 0 Å². The number of piperidine rings is 1. The molecule has 2 heterocycles. The molecule has 0 atom stereocenters. The van der Waals surface area contributed by atoms with E-state index in [0.717, 1.165) is 18.8 Å². The fourth-order valence-electron chi connectivity index (χ4n) is 1.65. The van der Waals surface area contributed by atoms with Crippen LogP contribution in [0.4, 0.5) is 0 Å². The zero-order chi connectivity index (χ0) is 8.39. The lowest BCUT2D eigenvalue weighted by Gasteiger charge is -2.27. The zero-order valence-corrected chi connectivity index (χ0v) is 7.23. The Bertz CT molecular complexity index is 226. The molecule has 2 rings (SSSR count). The summed E-state index contributed by atoms with van der Waals surface area (Å²) in [4.78, 5) is 2.34. The molecule has 12 heavy (non-hydrogen) atoms. The first-order valence-electron chi connectivity index (χ1n) is 4.32. The number of aromatic nitrogens is 2. The largest absolute Gasteiger partial charge is 0.345 e. The van der Waals surface area contributed by atoms with Gasteiger partial charge >= 0.3 is 0 Å². The molecular formula is C8H13N3O. The highest BCUT2D eigenvalue weighted by molar-refractivity contribution is 5.00. The van der Waals surface area contributed by atoms with Crippen molar-refractivity contribution in [2.45, 2.75) is 18.8 Å². The van der Waals surface area contributed by atoms with Gasteiger partial charge in [0.25, 0.3) is 0 Å². The van der Waals surface area contributed by atoms with Gasteiger partial charge in [0.05, 0.1) is 0 Å². The molecule has 0 saturated carbocycles. The lowest BCUT2D eigenvalue weighted by molar-refractivity contribution is 0.253. The molecule has 1 aromatic heterocycles. The second-order valence-electron chi connectivity index (χ2n) is 3.41. The van der Waals surface area contributed by atoms with Crippen molar-refractivity contribution in [3.8, 4) is 0 Å². The van der Waals surface area contributed by atoms with Gasteiger partial charge in [0.2, 0.25) is 0 Å². The third kappa shape index (κ3) is 1.48. The summed E-state index contributed by atoms with van der Waals surface area (Å²) >= 11 is 0. The average Bonchev–Trinajstić information content (AvgIpc) is 2.58. The predicted octanol–water partition coefficient (Wildman–Crippen LogP) is 0.879. The maximum Gasteiger partial charge on any atom is 0.147 e. The second kappa shape index (κ2) is 3.23. The van der Waals surface area contributed by atoms with Gasteiger partial charge in [-0.3, -0.25) is 0 Å². The summed E-state index contributed by atoms with van der Waals surface area (Å²) in [5.41, 5.74) is 1.02. The quantitative estimate of drug-likeness (QED) is 0.622. The first-order valence-corrected chi connectivity index (χ1v) is 4.32. The number of likely N-dealkylation sites (tertiary alicyclic amines) is 1. The van der Waals surface area contributed by atoms with Crippen molar-refractivity contribution in [3.05, 3.63) is 12.0 Å². The summed E-state index contributed by atoms with van der Waals surface area (Å²) in [6.07, 6.45) is 4.01. The van der Waals surface area contributed by atoms with Crippen LogP contribution in [0.25, 0.3) is 0 Å². The van der Waals surface area contributed by atoms with Gasteiger partial charge < -0.3 is 9.42 Å². The van der Waals surface area contributed by atoms with Crippen LogP contribution in [0.5, 0.6) is 0 Å². The number of hydrogen-bond donors (Lipinski definition) is 0. The minimum atomic E-state index is 0.562. The molecule has 1 aliphatic rings. The van der Waals surface area contributed by atoms with E-state index in [2.05, 4.69) is 22.3 Å². The summed E-state index contributed by atoms with van der Waals surface area (Å²) in [5.74, 6) is 0.562. The fraction of sp³-hybridized carbons (Fsp3) is 0.750. The van der Waals surface area contributed by atoms with Crippen LogP contribution in [0.1, 0.15) is 24.5 Å². The predicted molar refractivity (Wildman–Crippen MR) is 43.8 cm³/mol. The highest BCUT2D eigenvalue weighted by Gasteiger charge is 2.20. The first kappa shape index (κ1) is 7.73. The van der Waals surface area contributed by atoms with Crippen molar-refractivity contribution in [2.24, 2.45) is 0 Å². The minimum Gasteiger partial charge on any atom is -0.345 e. The summed E-state index contributed by atoms with van der Waals surface area (Å²) in [5, 5.41) is 7.41. The number of nitrogens with zero attached hydrogens (tertiary/aromatic N) is 3. The molecule has 1 aliphatic heterocycles. The van der Waals surface area contributed by atoms with Crippen LogP contribution < -0.4 is 0 Å². The molecule has 0 bridgehead atoms. The molecule has 0 radical (unpaired) electrons. The summed E-state index contributed by atoms with van der Waals surface area (Å²) < 4.78 is 4.72. The van der Waals surface area contributed by atoms with E-state index in [-0.39, 0.29) is 0 Å². The third-order valence-corrected chi connectivity index (χ3v) is 2.51. The zero-order valence-electron chi connectivity index (χ0n) is 7.23. The summed E-state index contributed by atoms with van der Waals surface area (Å²) in [6, 6.07) is 0. The van der Waals surface area contributed by atoms with Gasteiger partial charge in [0.1, 0.15) is 12.0 Å². The lowest BCUT2D eigenvalue weighted by Crippen LogP contribution is -2.29. The SMILES string of the molecule is CN1CCC(c2conn2)CC1. The van der Waals surface area contributed by atoms with E-state index in [9.17, 15) is 0 Å². The molecule has 0 aliphatic carbocycles. The topological polar surface area (TPSA) is 42.2 Å². The Labute approximate surface area is 71.5 Å². The van der Waals surface area contributed by atoms with Crippen LogP contribution in [0.15, 0.2) is 10.8 Å². The molecule has 0 N–H and O–H groups in total. The second-order valence-corrected chi connectivity index (χ2v) is 3.41. The molecule has 0 amide bonds. The highest BCUT2D eigenvalue weighted by Crippen LogP contribution is 2.25. The fourth-order valence-corrected chi connectivity index (χ4v) is 1.65. The Morgan fingerprint density at radius 3 is 2.83 bits per heavy atom. The van der Waals surface area contributed by atoms with Crippen molar-refractivity contribution < 1.29 is 4.52 Å². The Balaban J connectivity index is 1.99. The molecule has 0 unspecified atom stereocenters. The first-order chi connectivity index (χ1) is 5.86. The van der Waals surface area contributed by atoms with Gasteiger partial charge in [-0.2, -0.15) is 0 Å². The van der Waals surface area contributed by atoms with E-state index in [1.165, 1.54) is 12.8 Å². The Kier molecular flexibility index (Phi) is 2.08. The van der Waals surface area contributed by atoms with Gasteiger partial charge in [0, 0.05) is 11.2 Å². The molecule has 1 aromatic rings. The van der Waals surface area contributed by atoms with E-state index in [4.69, 9.17) is 4.52 Å². The molecule has 1 fully saturated rings. The van der Waals surface area contributed by atoms with Gasteiger partial charge in [-0.15, -0.1) is 5.10 Å². The maximum atomic E-state index is 4.72. The van der Waals surface area contributed by atoms with Crippen LogP contribution in [-0.4, -0.2) is 35.4 Å². The Morgan fingerprint density at radius 2 is 2.25 bits per heavy atom. The third-order valence-electron chi connectivity index (χ3n) is 2.51. The molecule has 4 nitrogen and oxygen atoms in total. The maximum absolute atomic E-state index is 4.72. The van der Waals surface area contributed by atoms with Crippen LogP contribution in [-0.2, 0) is 0 Å². The number of rotatable bonds is 1. The van der Waals surface area contributed by atoms with Crippen molar-refractivity contribution in [1.29, 1.82) is 0 Å². The summed E-state index contributed by atoms with van der Waals surface area (Å²) in [7, 11) is 2.15. The van der Waals surface area contributed by atoms with E-state index in [1.807, 2.05) is 0 Å². The molecular weight excluding hydrogens is 154 g/mol. The van der Waals surface area contributed by atoms with Crippen LogP contribution >= 0.6 is 0 Å². The minimum absolute atomic E-state index is 0.562. The van der Waals surface area contributed by atoms with Crippen LogP contribution in [0, 0.1) is 0 Å². The van der Waals surface area contributed by atoms with Gasteiger partial charge in [-0.1, -0.05) is 0 Å². The molecule has 66 valence electrons. The standard InChI is InChI=1S/C8H13N3O/c1-11-4-2-7(3-5-11)8-6-12-10-9-8/h6-7H,2-5H2,1H3. The van der Waals surface area contributed by atoms with Crippen LogP contribution in [0.2, 0.25) is 0 Å². The summed E-state index contributed by atoms with van der Waals surface area (Å²) in [6.45, 7) is 2.30. The average molecular weight is 167 g/mol.